The molecule has 1 aliphatic carbocycles. The minimum absolute atomic E-state index is 0.0192. The van der Waals surface area contributed by atoms with Crippen molar-refractivity contribution in [3.8, 4) is 0 Å². The van der Waals surface area contributed by atoms with E-state index in [9.17, 15) is 13.2 Å². The third kappa shape index (κ3) is 4.43. The molecule has 0 radical (unpaired) electrons. The van der Waals surface area contributed by atoms with E-state index in [4.69, 9.17) is 9.47 Å². The highest BCUT2D eigenvalue weighted by Crippen LogP contribution is 2.38. The van der Waals surface area contributed by atoms with Gasteiger partial charge in [-0.05, 0) is 25.2 Å². The standard InChI is InChI=1S/C13H23F3O2/c1-10(2)9-11(13(14,15)16)18-12(17-3)7-5-4-6-8-12/h10-11H,4-9H2,1-3H3. The Hall–Kier alpha value is -0.290. The molecule has 5 heteroatoms. The Labute approximate surface area is 107 Å². The van der Waals surface area contributed by atoms with Gasteiger partial charge in [0.1, 0.15) is 0 Å². The predicted octanol–water partition coefficient (Wildman–Crippen LogP) is 4.29. The summed E-state index contributed by atoms with van der Waals surface area (Å²) in [6.45, 7) is 3.53. The molecule has 1 fully saturated rings. The molecule has 0 saturated heterocycles. The summed E-state index contributed by atoms with van der Waals surface area (Å²) >= 11 is 0. The first-order valence-electron chi connectivity index (χ1n) is 6.59. The van der Waals surface area contributed by atoms with Gasteiger partial charge >= 0.3 is 6.18 Å². The van der Waals surface area contributed by atoms with Crippen molar-refractivity contribution < 1.29 is 22.6 Å². The van der Waals surface area contributed by atoms with Crippen LogP contribution in [0.25, 0.3) is 0 Å². The molecular formula is C13H23F3O2. The summed E-state index contributed by atoms with van der Waals surface area (Å²) in [5.74, 6) is -1.10. The van der Waals surface area contributed by atoms with Gasteiger partial charge in [-0.2, -0.15) is 13.2 Å². The molecule has 0 aromatic carbocycles. The maximum atomic E-state index is 13.0. The van der Waals surface area contributed by atoms with Crippen LogP contribution in [0.5, 0.6) is 0 Å². The monoisotopic (exact) mass is 268 g/mol. The molecule has 0 aromatic rings. The number of alkyl halides is 3. The van der Waals surface area contributed by atoms with Crippen molar-refractivity contribution in [1.29, 1.82) is 0 Å². The molecule has 1 aliphatic rings. The summed E-state index contributed by atoms with van der Waals surface area (Å²) in [6, 6.07) is 0. The molecule has 0 N–H and O–H groups in total. The maximum absolute atomic E-state index is 13.0. The van der Waals surface area contributed by atoms with E-state index in [0.717, 1.165) is 19.3 Å². The lowest BCUT2D eigenvalue weighted by Crippen LogP contribution is -2.46. The van der Waals surface area contributed by atoms with Crippen molar-refractivity contribution >= 4 is 0 Å². The van der Waals surface area contributed by atoms with Gasteiger partial charge in [-0.25, -0.2) is 0 Å². The fourth-order valence-electron chi connectivity index (χ4n) is 2.40. The average molecular weight is 268 g/mol. The SMILES string of the molecule is COC1(OC(CC(C)C)C(F)(F)F)CCCCC1. The van der Waals surface area contributed by atoms with Gasteiger partial charge < -0.3 is 9.47 Å². The number of methoxy groups -OCH3 is 1. The van der Waals surface area contributed by atoms with E-state index in [0.29, 0.717) is 12.8 Å². The summed E-state index contributed by atoms with van der Waals surface area (Å²) < 4.78 is 49.5. The second-order valence-electron chi connectivity index (χ2n) is 5.45. The van der Waals surface area contributed by atoms with E-state index >= 15 is 0 Å². The fraction of sp³-hybridized carbons (Fsp3) is 1.00. The Bertz CT molecular complexity index is 245. The summed E-state index contributed by atoms with van der Waals surface area (Å²) in [6.07, 6.45) is -2.21. The van der Waals surface area contributed by atoms with Gasteiger partial charge in [0, 0.05) is 20.0 Å². The molecule has 2 nitrogen and oxygen atoms in total. The van der Waals surface area contributed by atoms with Crippen LogP contribution < -0.4 is 0 Å². The van der Waals surface area contributed by atoms with Crippen molar-refractivity contribution in [2.75, 3.05) is 7.11 Å². The summed E-state index contributed by atoms with van der Waals surface area (Å²) in [5, 5.41) is 0. The predicted molar refractivity (Wildman–Crippen MR) is 63.2 cm³/mol. The first-order valence-corrected chi connectivity index (χ1v) is 6.59. The summed E-state index contributed by atoms with van der Waals surface area (Å²) in [5.41, 5.74) is 0. The van der Waals surface area contributed by atoms with E-state index < -0.39 is 18.1 Å². The molecule has 1 rings (SSSR count). The normalized spacial score (nSPS) is 22.2. The fourth-order valence-corrected chi connectivity index (χ4v) is 2.40. The lowest BCUT2D eigenvalue weighted by atomic mass is 9.93. The van der Waals surface area contributed by atoms with Gasteiger partial charge in [0.25, 0.3) is 0 Å². The highest BCUT2D eigenvalue weighted by molar-refractivity contribution is 4.80. The van der Waals surface area contributed by atoms with E-state index in [2.05, 4.69) is 0 Å². The third-order valence-corrected chi connectivity index (χ3v) is 3.39. The molecule has 18 heavy (non-hydrogen) atoms. The van der Waals surface area contributed by atoms with Crippen molar-refractivity contribution in [3.05, 3.63) is 0 Å². The van der Waals surface area contributed by atoms with E-state index in [1.165, 1.54) is 7.11 Å². The van der Waals surface area contributed by atoms with Crippen LogP contribution in [0.1, 0.15) is 52.4 Å². The number of ether oxygens (including phenoxy) is 2. The van der Waals surface area contributed by atoms with Crippen molar-refractivity contribution in [2.24, 2.45) is 5.92 Å². The number of hydrogen-bond donors (Lipinski definition) is 0. The minimum Gasteiger partial charge on any atom is -0.353 e. The second-order valence-corrected chi connectivity index (χ2v) is 5.45. The zero-order valence-electron chi connectivity index (χ0n) is 11.3. The number of halogens is 3. The topological polar surface area (TPSA) is 18.5 Å². The zero-order valence-corrected chi connectivity index (χ0v) is 11.3. The van der Waals surface area contributed by atoms with Crippen LogP contribution in [-0.2, 0) is 9.47 Å². The summed E-state index contributed by atoms with van der Waals surface area (Å²) in [4.78, 5) is 0. The molecule has 1 unspecified atom stereocenters. The van der Waals surface area contributed by atoms with E-state index in [1.54, 1.807) is 13.8 Å². The first kappa shape index (κ1) is 15.8. The first-order chi connectivity index (χ1) is 8.29. The average Bonchev–Trinajstić information content (AvgIpc) is 2.28. The number of rotatable bonds is 5. The Kier molecular flexibility index (Phi) is 5.46. The van der Waals surface area contributed by atoms with Gasteiger partial charge in [0.15, 0.2) is 11.9 Å². The highest BCUT2D eigenvalue weighted by Gasteiger charge is 2.46. The van der Waals surface area contributed by atoms with Gasteiger partial charge in [0.2, 0.25) is 0 Å². The smallest absolute Gasteiger partial charge is 0.353 e. The van der Waals surface area contributed by atoms with Crippen molar-refractivity contribution in [1.82, 2.24) is 0 Å². The molecule has 0 bridgehead atoms. The van der Waals surface area contributed by atoms with Gasteiger partial charge in [0.05, 0.1) is 0 Å². The van der Waals surface area contributed by atoms with E-state index in [1.807, 2.05) is 0 Å². The molecular weight excluding hydrogens is 245 g/mol. The van der Waals surface area contributed by atoms with Gasteiger partial charge in [-0.15, -0.1) is 0 Å². The molecule has 0 heterocycles. The van der Waals surface area contributed by atoms with Crippen LogP contribution in [0.15, 0.2) is 0 Å². The Balaban J connectivity index is 2.73. The van der Waals surface area contributed by atoms with Crippen LogP contribution in [0.4, 0.5) is 13.2 Å². The molecule has 0 aliphatic heterocycles. The largest absolute Gasteiger partial charge is 0.414 e. The molecule has 0 spiro atoms. The van der Waals surface area contributed by atoms with Crippen molar-refractivity contribution in [2.45, 2.75) is 70.4 Å². The lowest BCUT2D eigenvalue weighted by molar-refractivity contribution is -0.323. The second kappa shape index (κ2) is 6.24. The molecule has 108 valence electrons. The van der Waals surface area contributed by atoms with Crippen molar-refractivity contribution in [3.63, 3.8) is 0 Å². The highest BCUT2D eigenvalue weighted by atomic mass is 19.4. The maximum Gasteiger partial charge on any atom is 0.414 e. The Morgan fingerprint density at radius 2 is 1.67 bits per heavy atom. The van der Waals surface area contributed by atoms with Crippen LogP contribution in [0, 0.1) is 5.92 Å². The van der Waals surface area contributed by atoms with Gasteiger partial charge in [-0.1, -0.05) is 20.3 Å². The Morgan fingerprint density at radius 3 is 2.06 bits per heavy atom. The minimum atomic E-state index is -4.33. The molecule has 1 saturated carbocycles. The van der Waals surface area contributed by atoms with Crippen LogP contribution >= 0.6 is 0 Å². The quantitative estimate of drug-likeness (QED) is 0.693. The lowest BCUT2D eigenvalue weighted by Gasteiger charge is -2.39. The third-order valence-electron chi connectivity index (χ3n) is 3.39. The zero-order chi connectivity index (χ0) is 13.8. The van der Waals surface area contributed by atoms with Gasteiger partial charge in [-0.3, -0.25) is 0 Å². The van der Waals surface area contributed by atoms with E-state index in [-0.39, 0.29) is 12.3 Å². The van der Waals surface area contributed by atoms with Crippen LogP contribution in [0.3, 0.4) is 0 Å². The van der Waals surface area contributed by atoms with Crippen LogP contribution in [-0.4, -0.2) is 25.2 Å². The Morgan fingerprint density at radius 1 is 1.11 bits per heavy atom. The number of hydrogen-bond acceptors (Lipinski definition) is 2. The summed E-state index contributed by atoms with van der Waals surface area (Å²) in [7, 11) is 1.44. The molecule has 0 aromatic heterocycles. The molecule has 1 atom stereocenters. The van der Waals surface area contributed by atoms with Crippen LogP contribution in [0.2, 0.25) is 0 Å². The molecule has 0 amide bonds.